The Morgan fingerprint density at radius 1 is 1.27 bits per heavy atom. The topological polar surface area (TPSA) is 127 Å². The molecule has 1 aliphatic heterocycles. The van der Waals surface area contributed by atoms with Crippen LogP contribution in [-0.4, -0.2) is 64.2 Å². The second kappa shape index (κ2) is 11.0. The van der Waals surface area contributed by atoms with E-state index in [0.29, 0.717) is 42.4 Å². The van der Waals surface area contributed by atoms with E-state index in [1.165, 1.54) is 18.5 Å². The Labute approximate surface area is 208 Å². The summed E-state index contributed by atoms with van der Waals surface area (Å²) in [6.45, 7) is -0.204. The van der Waals surface area contributed by atoms with E-state index in [4.69, 9.17) is 14.9 Å². The Hall–Kier alpha value is -3.91. The van der Waals surface area contributed by atoms with Crippen molar-refractivity contribution in [2.75, 3.05) is 26.4 Å². The molecule has 1 aliphatic rings. The summed E-state index contributed by atoms with van der Waals surface area (Å²) in [7, 11) is 1.71. The molecule has 0 saturated carbocycles. The molecule has 0 radical (unpaired) electrons. The number of allylic oxidation sites excluding steroid dienone is 1. The van der Waals surface area contributed by atoms with E-state index in [-0.39, 0.29) is 23.4 Å². The maximum Gasteiger partial charge on any atom is 0.405 e. The number of nitrogens with zero attached hydrogens (tertiary/aromatic N) is 4. The van der Waals surface area contributed by atoms with Gasteiger partial charge in [-0.2, -0.15) is 13.2 Å². The molecule has 1 amide bonds. The Bertz CT molecular complexity index is 1330. The zero-order valence-electron chi connectivity index (χ0n) is 19.6. The molecule has 3 aromatic rings. The second-order valence-electron chi connectivity index (χ2n) is 8.13. The number of hydrogen-bond acceptors (Lipinski definition) is 8. The molecule has 2 aromatic heterocycles. The predicted octanol–water partition coefficient (Wildman–Crippen LogP) is 2.66. The summed E-state index contributed by atoms with van der Waals surface area (Å²) in [5, 5.41) is 12.2. The lowest BCUT2D eigenvalue weighted by Crippen LogP contribution is -2.26. The maximum absolute atomic E-state index is 14.3. The normalized spacial score (nSPS) is 16.6. The molecule has 1 aromatic carbocycles. The lowest BCUT2D eigenvalue weighted by atomic mass is 10.0. The minimum Gasteiger partial charge on any atom is -0.382 e. The smallest absolute Gasteiger partial charge is 0.382 e. The van der Waals surface area contributed by atoms with E-state index in [0.717, 1.165) is 18.5 Å². The van der Waals surface area contributed by atoms with Gasteiger partial charge >= 0.3 is 6.18 Å². The van der Waals surface area contributed by atoms with Gasteiger partial charge in [0.15, 0.2) is 11.3 Å². The Morgan fingerprint density at radius 2 is 2.08 bits per heavy atom. The van der Waals surface area contributed by atoms with Gasteiger partial charge in [0, 0.05) is 31.6 Å². The summed E-state index contributed by atoms with van der Waals surface area (Å²) in [6, 6.07) is 3.72. The second-order valence-corrected chi connectivity index (χ2v) is 8.13. The van der Waals surface area contributed by atoms with Crippen molar-refractivity contribution in [1.82, 2.24) is 30.2 Å². The van der Waals surface area contributed by atoms with Gasteiger partial charge in [0.25, 0.3) is 5.91 Å². The molecule has 0 aliphatic carbocycles. The molecule has 196 valence electrons. The first-order valence-corrected chi connectivity index (χ1v) is 11.1. The Balaban J connectivity index is 1.52. The highest BCUT2D eigenvalue weighted by atomic mass is 19.4. The first-order valence-electron chi connectivity index (χ1n) is 11.1. The Kier molecular flexibility index (Phi) is 7.78. The summed E-state index contributed by atoms with van der Waals surface area (Å²) >= 11 is 0. The molecule has 0 bridgehead atoms. The van der Waals surface area contributed by atoms with Crippen molar-refractivity contribution in [3.63, 3.8) is 0 Å². The fourth-order valence-electron chi connectivity index (χ4n) is 3.82. The summed E-state index contributed by atoms with van der Waals surface area (Å²) < 4.78 is 64.3. The van der Waals surface area contributed by atoms with Crippen molar-refractivity contribution < 1.29 is 31.8 Å². The number of fused-ring (bicyclic) bond motifs is 1. The quantitative estimate of drug-likeness (QED) is 0.307. The number of benzene rings is 1. The van der Waals surface area contributed by atoms with Crippen LogP contribution in [0.4, 0.5) is 17.6 Å². The summed E-state index contributed by atoms with van der Waals surface area (Å²) in [5.41, 5.74) is 1.27. The number of carbonyl (C=O) groups is 1. The number of ether oxygens (including phenoxy) is 2. The molecule has 3 N–H and O–H groups in total. The molecule has 1 unspecified atom stereocenters. The molecule has 0 spiro atoms. The van der Waals surface area contributed by atoms with Crippen LogP contribution in [0.15, 0.2) is 30.7 Å². The van der Waals surface area contributed by atoms with Gasteiger partial charge in [0.2, 0.25) is 0 Å². The minimum absolute atomic E-state index is 0.0326. The van der Waals surface area contributed by atoms with Crippen molar-refractivity contribution >= 4 is 28.9 Å². The van der Waals surface area contributed by atoms with Crippen molar-refractivity contribution in [3.05, 3.63) is 59.2 Å². The SMILES string of the molecule is Cn1c(C2COCCO2)nc2ncnc(C(=O)NCc3cc(F)cc(/C(C=N)=C/NCC(F)(F)F)c3)c21. The third-order valence-corrected chi connectivity index (χ3v) is 5.48. The molecule has 4 rings (SSSR count). The third-order valence-electron chi connectivity index (χ3n) is 5.48. The number of carbonyl (C=O) groups excluding carboxylic acids is 1. The first-order chi connectivity index (χ1) is 17.7. The van der Waals surface area contributed by atoms with Gasteiger partial charge in [-0.1, -0.05) is 0 Å². The lowest BCUT2D eigenvalue weighted by Gasteiger charge is -2.22. The summed E-state index contributed by atoms with van der Waals surface area (Å²) in [5.74, 6) is -0.715. The van der Waals surface area contributed by atoms with E-state index in [9.17, 15) is 22.4 Å². The van der Waals surface area contributed by atoms with Gasteiger partial charge in [-0.25, -0.2) is 19.3 Å². The highest BCUT2D eigenvalue weighted by molar-refractivity contribution is 6.08. The molecule has 14 heteroatoms. The lowest BCUT2D eigenvalue weighted by molar-refractivity contribution is -0.122. The summed E-state index contributed by atoms with van der Waals surface area (Å²) in [4.78, 5) is 25.7. The molecule has 1 atom stereocenters. The number of rotatable bonds is 8. The number of nitrogens with one attached hydrogen (secondary N) is 3. The van der Waals surface area contributed by atoms with Crippen molar-refractivity contribution in [3.8, 4) is 0 Å². The predicted molar refractivity (Wildman–Crippen MR) is 124 cm³/mol. The number of halogens is 4. The highest BCUT2D eigenvalue weighted by Gasteiger charge is 2.27. The van der Waals surface area contributed by atoms with Gasteiger partial charge in [-0.3, -0.25) is 4.79 Å². The highest BCUT2D eigenvalue weighted by Crippen LogP contribution is 2.25. The van der Waals surface area contributed by atoms with Crippen molar-refractivity contribution in [2.45, 2.75) is 18.8 Å². The number of aryl methyl sites for hydroxylation is 1. The van der Waals surface area contributed by atoms with Crippen LogP contribution in [0, 0.1) is 11.2 Å². The fraction of sp³-hybridized carbons (Fsp3) is 0.348. The molecule has 1 fully saturated rings. The van der Waals surface area contributed by atoms with Gasteiger partial charge in [-0.15, -0.1) is 0 Å². The van der Waals surface area contributed by atoms with Gasteiger partial charge in [0.1, 0.15) is 36.1 Å². The van der Waals surface area contributed by atoms with Gasteiger partial charge < -0.3 is 30.1 Å². The van der Waals surface area contributed by atoms with E-state index < -0.39 is 30.5 Å². The van der Waals surface area contributed by atoms with Crippen LogP contribution in [0.3, 0.4) is 0 Å². The molecular weight excluding hydrogens is 498 g/mol. The van der Waals surface area contributed by atoms with E-state index >= 15 is 0 Å². The fourth-order valence-corrected chi connectivity index (χ4v) is 3.82. The van der Waals surface area contributed by atoms with Crippen LogP contribution in [0.5, 0.6) is 0 Å². The molecule has 10 nitrogen and oxygen atoms in total. The number of hydrogen-bond donors (Lipinski definition) is 3. The summed E-state index contributed by atoms with van der Waals surface area (Å²) in [6.07, 6.45) is -1.87. The number of amides is 1. The molecule has 37 heavy (non-hydrogen) atoms. The van der Waals surface area contributed by atoms with Crippen LogP contribution in [0.25, 0.3) is 16.7 Å². The zero-order valence-corrected chi connectivity index (χ0v) is 19.6. The number of aromatic nitrogens is 4. The molecule has 1 saturated heterocycles. The van der Waals surface area contributed by atoms with Crippen LogP contribution >= 0.6 is 0 Å². The first kappa shape index (κ1) is 26.2. The molecular formula is C23H23F4N7O3. The van der Waals surface area contributed by atoms with Gasteiger partial charge in [0.05, 0.1) is 19.8 Å². The average molecular weight is 521 g/mol. The molecule has 3 heterocycles. The van der Waals surface area contributed by atoms with Gasteiger partial charge in [-0.05, 0) is 29.3 Å². The number of imidazole rings is 1. The largest absolute Gasteiger partial charge is 0.405 e. The standard InChI is InChI=1S/C23H23F4N7O3/c1-34-19-18(31-12-32-20(19)33-21(34)17-10-36-2-3-37-17)22(35)30-8-13-4-14(6-16(24)5-13)15(7-28)9-29-11-23(25,26)27/h4-7,9,12,17,28-29H,2-3,8,10-11H2,1H3,(H,30,35)/b15-9+,28-7?. The van der Waals surface area contributed by atoms with E-state index in [2.05, 4.69) is 25.6 Å². The third kappa shape index (κ3) is 6.27. The van der Waals surface area contributed by atoms with Crippen LogP contribution in [0.1, 0.15) is 33.5 Å². The average Bonchev–Trinajstić information content (AvgIpc) is 3.21. The van der Waals surface area contributed by atoms with E-state index in [1.54, 1.807) is 11.6 Å². The van der Waals surface area contributed by atoms with Crippen LogP contribution in [-0.2, 0) is 23.1 Å². The monoisotopic (exact) mass is 521 g/mol. The van der Waals surface area contributed by atoms with Crippen LogP contribution < -0.4 is 10.6 Å². The number of alkyl halides is 3. The van der Waals surface area contributed by atoms with E-state index in [1.807, 2.05) is 0 Å². The maximum atomic E-state index is 14.3. The van der Waals surface area contributed by atoms with Crippen LogP contribution in [0.2, 0.25) is 0 Å². The zero-order chi connectivity index (χ0) is 26.6. The minimum atomic E-state index is -4.45. The Morgan fingerprint density at radius 3 is 2.78 bits per heavy atom. The van der Waals surface area contributed by atoms with Crippen molar-refractivity contribution in [1.29, 1.82) is 5.41 Å². The van der Waals surface area contributed by atoms with Crippen molar-refractivity contribution in [2.24, 2.45) is 7.05 Å².